The van der Waals surface area contributed by atoms with Crippen LogP contribution in [0.25, 0.3) is 0 Å². The normalized spacial score (nSPS) is 15.2. The zero-order chi connectivity index (χ0) is 22.1. The average molecular weight is 433 g/mol. The molecule has 2 atom stereocenters. The molecular weight excluding hydrogens is 404 g/mol. The molecule has 0 saturated carbocycles. The summed E-state index contributed by atoms with van der Waals surface area (Å²) in [6.45, 7) is 8.14. The molecule has 2 aromatic carbocycles. The van der Waals surface area contributed by atoms with E-state index in [1.807, 2.05) is 51.1 Å². The molecule has 2 aromatic rings. The van der Waals surface area contributed by atoms with Gasteiger partial charge in [-0.3, -0.25) is 9.10 Å². The van der Waals surface area contributed by atoms with E-state index in [1.54, 1.807) is 13.0 Å². The van der Waals surface area contributed by atoms with Gasteiger partial charge in [0.2, 0.25) is 15.9 Å². The number of amides is 1. The highest BCUT2D eigenvalue weighted by molar-refractivity contribution is 7.92. The summed E-state index contributed by atoms with van der Waals surface area (Å²) < 4.78 is 37.5. The van der Waals surface area contributed by atoms with Crippen LogP contribution in [-0.2, 0) is 14.8 Å². The molecule has 8 heteroatoms. The maximum absolute atomic E-state index is 13.0. The fourth-order valence-electron chi connectivity index (χ4n) is 3.48. The third kappa shape index (κ3) is 4.70. The van der Waals surface area contributed by atoms with Crippen molar-refractivity contribution >= 4 is 21.6 Å². The Balaban J connectivity index is 1.83. The van der Waals surface area contributed by atoms with E-state index in [1.165, 1.54) is 4.31 Å². The van der Waals surface area contributed by atoms with Crippen molar-refractivity contribution in [1.29, 1.82) is 0 Å². The number of hydrogen-bond acceptors (Lipinski definition) is 5. The van der Waals surface area contributed by atoms with Crippen LogP contribution >= 0.6 is 0 Å². The van der Waals surface area contributed by atoms with Gasteiger partial charge in [-0.1, -0.05) is 18.2 Å². The van der Waals surface area contributed by atoms with E-state index in [-0.39, 0.29) is 11.9 Å². The molecule has 1 aliphatic rings. The van der Waals surface area contributed by atoms with Gasteiger partial charge in [0, 0.05) is 0 Å². The van der Waals surface area contributed by atoms with E-state index in [4.69, 9.17) is 9.47 Å². The van der Waals surface area contributed by atoms with Crippen LogP contribution in [0.15, 0.2) is 36.4 Å². The Morgan fingerprint density at radius 2 is 1.70 bits per heavy atom. The van der Waals surface area contributed by atoms with Gasteiger partial charge in [0.25, 0.3) is 0 Å². The van der Waals surface area contributed by atoms with Crippen molar-refractivity contribution in [2.45, 2.75) is 39.8 Å². The summed E-state index contributed by atoms with van der Waals surface area (Å²) in [6, 6.07) is 9.81. The molecule has 0 radical (unpaired) electrons. The molecule has 0 spiro atoms. The zero-order valence-corrected chi connectivity index (χ0v) is 18.7. The van der Waals surface area contributed by atoms with Crippen LogP contribution in [-0.4, -0.2) is 39.8 Å². The van der Waals surface area contributed by atoms with E-state index in [9.17, 15) is 13.2 Å². The van der Waals surface area contributed by atoms with Crippen molar-refractivity contribution < 1.29 is 22.7 Å². The van der Waals surface area contributed by atoms with Crippen LogP contribution in [0.3, 0.4) is 0 Å². The average Bonchev–Trinajstić information content (AvgIpc) is 2.69. The minimum absolute atomic E-state index is 0.337. The van der Waals surface area contributed by atoms with E-state index in [0.717, 1.165) is 22.9 Å². The second kappa shape index (κ2) is 8.55. The monoisotopic (exact) mass is 432 g/mol. The van der Waals surface area contributed by atoms with Gasteiger partial charge in [0.15, 0.2) is 11.5 Å². The topological polar surface area (TPSA) is 84.9 Å². The number of benzene rings is 2. The number of anilines is 1. The first-order chi connectivity index (χ1) is 14.1. The highest BCUT2D eigenvalue weighted by Crippen LogP contribution is 2.33. The number of ether oxygens (including phenoxy) is 2. The number of carbonyl (C=O) groups is 1. The fraction of sp³-hybridized carbons (Fsp3) is 0.409. The Morgan fingerprint density at radius 3 is 2.37 bits per heavy atom. The first-order valence-electron chi connectivity index (χ1n) is 9.84. The molecule has 7 nitrogen and oxygen atoms in total. The highest BCUT2D eigenvalue weighted by Gasteiger charge is 2.31. The van der Waals surface area contributed by atoms with Gasteiger partial charge in [0.1, 0.15) is 19.3 Å². The van der Waals surface area contributed by atoms with E-state index in [0.29, 0.717) is 30.4 Å². The van der Waals surface area contributed by atoms with Crippen molar-refractivity contribution in [3.05, 3.63) is 53.1 Å². The Kier molecular flexibility index (Phi) is 6.26. The van der Waals surface area contributed by atoms with Crippen molar-refractivity contribution in [2.75, 3.05) is 23.8 Å². The summed E-state index contributed by atoms with van der Waals surface area (Å²) in [7, 11) is -3.68. The summed E-state index contributed by atoms with van der Waals surface area (Å²) in [5.41, 5.74) is 3.05. The summed E-state index contributed by atoms with van der Waals surface area (Å²) in [4.78, 5) is 13.0. The van der Waals surface area contributed by atoms with Crippen LogP contribution in [0.2, 0.25) is 0 Å². The minimum Gasteiger partial charge on any atom is -0.486 e. The Morgan fingerprint density at radius 1 is 1.03 bits per heavy atom. The summed E-state index contributed by atoms with van der Waals surface area (Å²) >= 11 is 0. The van der Waals surface area contributed by atoms with Crippen molar-refractivity contribution in [2.24, 2.45) is 0 Å². The Hall–Kier alpha value is -2.74. The third-order valence-electron chi connectivity index (χ3n) is 5.12. The third-order valence-corrected chi connectivity index (χ3v) is 6.34. The summed E-state index contributed by atoms with van der Waals surface area (Å²) in [5.74, 6) is 0.930. The molecular formula is C22H28N2O5S. The number of nitrogens with one attached hydrogen (secondary N) is 1. The SMILES string of the molecule is Cc1ccc(C)c(N([C@H](C)C(=O)N[C@H](C)c2ccc3c(c2)OCCO3)S(C)(=O)=O)c1. The lowest BCUT2D eigenvalue weighted by atomic mass is 10.1. The number of carbonyl (C=O) groups excluding carboxylic acids is 1. The number of aryl methyl sites for hydroxylation is 2. The van der Waals surface area contributed by atoms with Crippen LogP contribution in [0.1, 0.15) is 36.6 Å². The van der Waals surface area contributed by atoms with Crippen LogP contribution in [0.4, 0.5) is 5.69 Å². The Labute approximate surface area is 178 Å². The molecule has 0 fully saturated rings. The number of nitrogens with zero attached hydrogens (tertiary/aromatic N) is 1. The van der Waals surface area contributed by atoms with Crippen molar-refractivity contribution in [1.82, 2.24) is 5.32 Å². The number of hydrogen-bond donors (Lipinski definition) is 1. The molecule has 1 aliphatic heterocycles. The quantitative estimate of drug-likeness (QED) is 0.758. The van der Waals surface area contributed by atoms with Gasteiger partial charge in [0.05, 0.1) is 18.0 Å². The smallest absolute Gasteiger partial charge is 0.244 e. The first kappa shape index (κ1) is 22.0. The second-order valence-corrected chi connectivity index (χ2v) is 9.52. The minimum atomic E-state index is -3.68. The largest absolute Gasteiger partial charge is 0.486 e. The lowest BCUT2D eigenvalue weighted by molar-refractivity contribution is -0.122. The van der Waals surface area contributed by atoms with Crippen LogP contribution in [0, 0.1) is 13.8 Å². The molecule has 30 heavy (non-hydrogen) atoms. The summed E-state index contributed by atoms with van der Waals surface area (Å²) in [6.07, 6.45) is 1.11. The lowest BCUT2D eigenvalue weighted by Crippen LogP contribution is -2.48. The predicted molar refractivity (Wildman–Crippen MR) is 117 cm³/mol. The van der Waals surface area contributed by atoms with Crippen LogP contribution in [0.5, 0.6) is 11.5 Å². The highest BCUT2D eigenvalue weighted by atomic mass is 32.2. The zero-order valence-electron chi connectivity index (χ0n) is 17.9. The van der Waals surface area contributed by atoms with Gasteiger partial charge in [-0.05, 0) is 62.6 Å². The van der Waals surface area contributed by atoms with Crippen molar-refractivity contribution in [3.63, 3.8) is 0 Å². The van der Waals surface area contributed by atoms with E-state index < -0.39 is 16.1 Å². The van der Waals surface area contributed by atoms with Crippen molar-refractivity contribution in [3.8, 4) is 11.5 Å². The molecule has 1 heterocycles. The fourth-order valence-corrected chi connectivity index (χ4v) is 4.71. The number of rotatable bonds is 6. The molecule has 0 unspecified atom stereocenters. The number of sulfonamides is 1. The predicted octanol–water partition coefficient (Wildman–Crippen LogP) is 3.11. The molecule has 0 aromatic heterocycles. The first-order valence-corrected chi connectivity index (χ1v) is 11.7. The van der Waals surface area contributed by atoms with Gasteiger partial charge < -0.3 is 14.8 Å². The molecule has 0 aliphatic carbocycles. The molecule has 0 saturated heterocycles. The molecule has 162 valence electrons. The van der Waals surface area contributed by atoms with E-state index in [2.05, 4.69) is 5.32 Å². The van der Waals surface area contributed by atoms with Gasteiger partial charge >= 0.3 is 0 Å². The number of fused-ring (bicyclic) bond motifs is 1. The molecule has 3 rings (SSSR count). The van der Waals surface area contributed by atoms with Gasteiger partial charge in [-0.25, -0.2) is 8.42 Å². The molecule has 1 amide bonds. The van der Waals surface area contributed by atoms with Gasteiger partial charge in [-0.15, -0.1) is 0 Å². The van der Waals surface area contributed by atoms with Crippen LogP contribution < -0.4 is 19.1 Å². The molecule has 1 N–H and O–H groups in total. The lowest BCUT2D eigenvalue weighted by Gasteiger charge is -2.30. The molecule has 0 bridgehead atoms. The van der Waals surface area contributed by atoms with Gasteiger partial charge in [-0.2, -0.15) is 0 Å². The standard InChI is InChI=1S/C22H28N2O5S/c1-14-6-7-15(2)19(12-14)24(30(5,26)27)17(4)22(25)23-16(3)18-8-9-20-21(13-18)29-11-10-28-20/h6-9,12-13,16-17H,10-11H2,1-5H3,(H,23,25)/t16-,17-/m1/s1. The second-order valence-electron chi connectivity index (χ2n) is 7.66. The maximum Gasteiger partial charge on any atom is 0.244 e. The van der Waals surface area contributed by atoms with E-state index >= 15 is 0 Å². The Bertz CT molecular complexity index is 1050. The summed E-state index contributed by atoms with van der Waals surface area (Å²) in [5, 5.41) is 2.92. The maximum atomic E-state index is 13.0.